The number of piperidine rings is 1. The van der Waals surface area contributed by atoms with Gasteiger partial charge in [0.15, 0.2) is 0 Å². The zero-order valence-electron chi connectivity index (χ0n) is 12.8. The summed E-state index contributed by atoms with van der Waals surface area (Å²) < 4.78 is 5.58. The van der Waals surface area contributed by atoms with Gasteiger partial charge in [0.05, 0.1) is 7.11 Å². The van der Waals surface area contributed by atoms with E-state index in [1.165, 1.54) is 45.1 Å². The van der Waals surface area contributed by atoms with E-state index in [2.05, 4.69) is 30.5 Å². The smallest absolute Gasteiger partial charge is 0.115 e. The number of rotatable bonds is 1. The zero-order chi connectivity index (χ0) is 13.8. The number of hydrogen-bond acceptors (Lipinski definition) is 2. The van der Waals surface area contributed by atoms with Gasteiger partial charge in [-0.05, 0) is 61.6 Å². The molecule has 2 bridgehead atoms. The Balaban J connectivity index is 1.83. The molecule has 2 heteroatoms. The van der Waals surface area contributed by atoms with E-state index in [0.717, 1.165) is 17.7 Å². The van der Waals surface area contributed by atoms with Crippen molar-refractivity contribution in [1.29, 1.82) is 0 Å². The molecule has 110 valence electrons. The summed E-state index contributed by atoms with van der Waals surface area (Å²) in [6, 6.07) is 0.754. The second-order valence-corrected chi connectivity index (χ2v) is 7.55. The molecule has 0 spiro atoms. The summed E-state index contributed by atoms with van der Waals surface area (Å²) >= 11 is 0. The zero-order valence-corrected chi connectivity index (χ0v) is 12.8. The first kappa shape index (κ1) is 12.9. The molecule has 20 heavy (non-hydrogen) atoms. The molecular formula is C18H27NO. The predicted octanol–water partition coefficient (Wildman–Crippen LogP) is 3.65. The van der Waals surface area contributed by atoms with Gasteiger partial charge in [0.1, 0.15) is 5.76 Å². The summed E-state index contributed by atoms with van der Waals surface area (Å²) in [6.07, 6.45) is 15.5. The van der Waals surface area contributed by atoms with Crippen molar-refractivity contribution in [2.24, 2.45) is 22.7 Å². The molecule has 5 atom stereocenters. The Bertz CT molecular complexity index is 464. The van der Waals surface area contributed by atoms with Gasteiger partial charge >= 0.3 is 0 Å². The van der Waals surface area contributed by atoms with Gasteiger partial charge < -0.3 is 10.1 Å². The highest BCUT2D eigenvalue weighted by Crippen LogP contribution is 2.66. The van der Waals surface area contributed by atoms with Crippen LogP contribution in [-0.4, -0.2) is 19.7 Å². The van der Waals surface area contributed by atoms with Gasteiger partial charge in [0.2, 0.25) is 0 Å². The summed E-state index contributed by atoms with van der Waals surface area (Å²) in [4.78, 5) is 0. The molecule has 0 aromatic heterocycles. The molecule has 1 saturated heterocycles. The fourth-order valence-corrected chi connectivity index (χ4v) is 6.07. The Kier molecular flexibility index (Phi) is 2.82. The Hall–Kier alpha value is -0.760. The molecule has 2 nitrogen and oxygen atoms in total. The van der Waals surface area contributed by atoms with Gasteiger partial charge in [-0.15, -0.1) is 0 Å². The van der Waals surface area contributed by atoms with Crippen LogP contribution in [0, 0.1) is 22.7 Å². The molecule has 0 aromatic rings. The Labute approximate surface area is 122 Å². The summed E-state index contributed by atoms with van der Waals surface area (Å²) in [5, 5.41) is 3.83. The van der Waals surface area contributed by atoms with Gasteiger partial charge in [0, 0.05) is 11.5 Å². The van der Waals surface area contributed by atoms with Gasteiger partial charge in [-0.2, -0.15) is 0 Å². The molecule has 0 aromatic carbocycles. The lowest BCUT2D eigenvalue weighted by molar-refractivity contribution is -0.121. The van der Waals surface area contributed by atoms with Crippen LogP contribution < -0.4 is 5.32 Å². The number of methoxy groups -OCH3 is 1. The number of fused-ring (bicyclic) bond motifs is 1. The van der Waals surface area contributed by atoms with Gasteiger partial charge in [-0.25, -0.2) is 0 Å². The monoisotopic (exact) mass is 273 g/mol. The van der Waals surface area contributed by atoms with Crippen LogP contribution in [0.25, 0.3) is 0 Å². The van der Waals surface area contributed by atoms with Crippen molar-refractivity contribution in [3.05, 3.63) is 24.0 Å². The van der Waals surface area contributed by atoms with E-state index in [0.29, 0.717) is 16.7 Å². The minimum Gasteiger partial charge on any atom is -0.497 e. The topological polar surface area (TPSA) is 21.3 Å². The average Bonchev–Trinajstić information content (AvgIpc) is 2.48. The third-order valence-corrected chi connectivity index (χ3v) is 7.08. The van der Waals surface area contributed by atoms with Gasteiger partial charge in [0.25, 0.3) is 0 Å². The SMILES string of the molecule is COC1=CC2(C)C(C=C1)C[C@@H]1NCC[C@]23CCCC[C@H]13. The molecule has 3 fully saturated rings. The Morgan fingerprint density at radius 3 is 3.05 bits per heavy atom. The van der Waals surface area contributed by atoms with Crippen molar-refractivity contribution in [2.75, 3.05) is 13.7 Å². The normalized spacial score (nSPS) is 49.9. The van der Waals surface area contributed by atoms with Crippen LogP contribution in [-0.2, 0) is 4.74 Å². The van der Waals surface area contributed by atoms with E-state index in [4.69, 9.17) is 4.74 Å². The highest BCUT2D eigenvalue weighted by molar-refractivity contribution is 5.31. The second kappa shape index (κ2) is 4.37. The van der Waals surface area contributed by atoms with E-state index >= 15 is 0 Å². The minimum absolute atomic E-state index is 0.302. The quantitative estimate of drug-likeness (QED) is 0.787. The van der Waals surface area contributed by atoms with Gasteiger partial charge in [-0.3, -0.25) is 0 Å². The molecular weight excluding hydrogens is 246 g/mol. The summed E-state index contributed by atoms with van der Waals surface area (Å²) in [5.41, 5.74) is 0.815. The molecule has 0 radical (unpaired) electrons. The van der Waals surface area contributed by atoms with Crippen molar-refractivity contribution in [3.63, 3.8) is 0 Å². The Morgan fingerprint density at radius 1 is 1.30 bits per heavy atom. The van der Waals surface area contributed by atoms with Crippen molar-refractivity contribution < 1.29 is 4.74 Å². The lowest BCUT2D eigenvalue weighted by Crippen LogP contribution is -2.65. The maximum atomic E-state index is 5.58. The lowest BCUT2D eigenvalue weighted by atomic mass is 9.41. The second-order valence-electron chi connectivity index (χ2n) is 7.55. The van der Waals surface area contributed by atoms with Crippen LogP contribution in [0.2, 0.25) is 0 Å². The maximum Gasteiger partial charge on any atom is 0.115 e. The predicted molar refractivity (Wildman–Crippen MR) is 81.2 cm³/mol. The molecule has 1 N–H and O–H groups in total. The minimum atomic E-state index is 0.302. The van der Waals surface area contributed by atoms with Crippen LogP contribution in [0.1, 0.15) is 45.4 Å². The Morgan fingerprint density at radius 2 is 2.20 bits per heavy atom. The fourth-order valence-electron chi connectivity index (χ4n) is 6.07. The van der Waals surface area contributed by atoms with Gasteiger partial charge in [-0.1, -0.05) is 25.8 Å². The van der Waals surface area contributed by atoms with E-state index in [-0.39, 0.29) is 0 Å². The van der Waals surface area contributed by atoms with Crippen molar-refractivity contribution in [2.45, 2.75) is 51.5 Å². The molecule has 0 amide bonds. The fraction of sp³-hybridized carbons (Fsp3) is 0.778. The van der Waals surface area contributed by atoms with Crippen molar-refractivity contribution >= 4 is 0 Å². The molecule has 4 aliphatic rings. The van der Waals surface area contributed by atoms with E-state index < -0.39 is 0 Å². The highest BCUT2D eigenvalue weighted by atomic mass is 16.5. The van der Waals surface area contributed by atoms with Crippen molar-refractivity contribution in [1.82, 2.24) is 5.32 Å². The standard InChI is InChI=1S/C18H27NO/c1-17-12-14(20-2)7-6-13(17)11-16-15-5-3-4-8-18(15,17)9-10-19-16/h6-7,12-13,15-16,19H,3-5,8-11H2,1-2H3/t13?,15-,16+,17?,18+/m1/s1. The maximum absolute atomic E-state index is 5.58. The first-order chi connectivity index (χ1) is 9.69. The lowest BCUT2D eigenvalue weighted by Gasteiger charge is -2.66. The van der Waals surface area contributed by atoms with Crippen LogP contribution in [0.15, 0.2) is 24.0 Å². The number of allylic oxidation sites excluding steroid dienone is 3. The van der Waals surface area contributed by atoms with E-state index in [1.807, 2.05) is 7.11 Å². The van der Waals surface area contributed by atoms with E-state index in [1.54, 1.807) is 0 Å². The molecule has 4 rings (SSSR count). The molecule has 2 saturated carbocycles. The number of ether oxygens (including phenoxy) is 1. The summed E-state index contributed by atoms with van der Waals surface area (Å²) in [7, 11) is 1.81. The van der Waals surface area contributed by atoms with Crippen LogP contribution in [0.4, 0.5) is 0 Å². The molecule has 3 aliphatic carbocycles. The first-order valence-electron chi connectivity index (χ1n) is 8.38. The first-order valence-corrected chi connectivity index (χ1v) is 8.38. The average molecular weight is 273 g/mol. The highest BCUT2D eigenvalue weighted by Gasteiger charge is 2.62. The van der Waals surface area contributed by atoms with E-state index in [9.17, 15) is 0 Å². The van der Waals surface area contributed by atoms with Crippen LogP contribution >= 0.6 is 0 Å². The number of hydrogen-bond donors (Lipinski definition) is 1. The van der Waals surface area contributed by atoms with Crippen LogP contribution in [0.3, 0.4) is 0 Å². The molecule has 2 unspecified atom stereocenters. The molecule has 1 aliphatic heterocycles. The summed E-state index contributed by atoms with van der Waals surface area (Å²) in [5.74, 6) is 2.65. The molecule has 1 heterocycles. The van der Waals surface area contributed by atoms with Crippen LogP contribution in [0.5, 0.6) is 0 Å². The third-order valence-electron chi connectivity index (χ3n) is 7.08. The third kappa shape index (κ3) is 1.49. The largest absolute Gasteiger partial charge is 0.497 e. The number of nitrogens with one attached hydrogen (secondary N) is 1. The summed E-state index contributed by atoms with van der Waals surface area (Å²) in [6.45, 7) is 3.74. The van der Waals surface area contributed by atoms with Crippen molar-refractivity contribution in [3.8, 4) is 0 Å².